The molecule has 1 aromatic heterocycles. The van der Waals surface area contributed by atoms with Crippen LogP contribution >= 0.6 is 0 Å². The van der Waals surface area contributed by atoms with Gasteiger partial charge in [0.15, 0.2) is 0 Å². The Morgan fingerprint density at radius 1 is 1.53 bits per heavy atom. The molecule has 0 amide bonds. The third-order valence-electron chi connectivity index (χ3n) is 2.91. The molecule has 1 N–H and O–H groups in total. The minimum Gasteiger partial charge on any atom is -0.392 e. The number of aryl methyl sites for hydroxylation is 1. The van der Waals surface area contributed by atoms with Gasteiger partial charge in [0.2, 0.25) is 0 Å². The molecule has 0 bridgehead atoms. The number of pyridine rings is 1. The Morgan fingerprint density at radius 2 is 2.27 bits per heavy atom. The largest absolute Gasteiger partial charge is 0.392 e. The van der Waals surface area contributed by atoms with Gasteiger partial charge >= 0.3 is 0 Å². The van der Waals surface area contributed by atoms with Gasteiger partial charge in [-0.05, 0) is 32.8 Å². The summed E-state index contributed by atoms with van der Waals surface area (Å²) in [6.07, 6.45) is 4.34. The normalized spacial score (nSPS) is 15.4. The number of aromatic nitrogens is 1. The minimum atomic E-state index is 0.0752. The second-order valence-corrected chi connectivity index (χ2v) is 4.13. The van der Waals surface area contributed by atoms with Crippen LogP contribution < -0.4 is 4.90 Å². The van der Waals surface area contributed by atoms with Crippen molar-refractivity contribution in [3.8, 4) is 0 Å². The Kier molecular flexibility index (Phi) is 2.91. The van der Waals surface area contributed by atoms with Crippen LogP contribution in [0.15, 0.2) is 12.3 Å². The van der Waals surface area contributed by atoms with E-state index < -0.39 is 0 Å². The fraction of sp³-hybridized carbons (Fsp3) is 0.583. The van der Waals surface area contributed by atoms with Gasteiger partial charge in [0, 0.05) is 35.7 Å². The Balaban J connectivity index is 2.34. The lowest BCUT2D eigenvalue weighted by Crippen LogP contribution is -2.26. The van der Waals surface area contributed by atoms with Gasteiger partial charge in [0.05, 0.1) is 6.61 Å². The predicted octanol–water partition coefficient (Wildman–Crippen LogP) is 1.87. The fourth-order valence-corrected chi connectivity index (χ4v) is 1.97. The highest BCUT2D eigenvalue weighted by atomic mass is 16.3. The SMILES string of the molecule is CCN(c1cc(C)ncc1CO)C1CC1. The van der Waals surface area contributed by atoms with Crippen LogP contribution in [0.3, 0.4) is 0 Å². The summed E-state index contributed by atoms with van der Waals surface area (Å²) in [7, 11) is 0. The van der Waals surface area contributed by atoms with Crippen LogP contribution in [-0.4, -0.2) is 22.7 Å². The zero-order valence-corrected chi connectivity index (χ0v) is 9.40. The van der Waals surface area contributed by atoms with Crippen molar-refractivity contribution >= 4 is 5.69 Å². The van der Waals surface area contributed by atoms with E-state index in [0.29, 0.717) is 6.04 Å². The number of hydrogen-bond acceptors (Lipinski definition) is 3. The van der Waals surface area contributed by atoms with Crippen LogP contribution in [0.2, 0.25) is 0 Å². The summed E-state index contributed by atoms with van der Waals surface area (Å²) >= 11 is 0. The van der Waals surface area contributed by atoms with Gasteiger partial charge in [-0.25, -0.2) is 0 Å². The summed E-state index contributed by atoms with van der Waals surface area (Å²) in [6.45, 7) is 5.23. The molecular weight excluding hydrogens is 188 g/mol. The molecule has 2 rings (SSSR count). The summed E-state index contributed by atoms with van der Waals surface area (Å²) < 4.78 is 0. The van der Waals surface area contributed by atoms with Crippen molar-refractivity contribution in [2.75, 3.05) is 11.4 Å². The van der Waals surface area contributed by atoms with Crippen LogP contribution in [0, 0.1) is 6.92 Å². The van der Waals surface area contributed by atoms with Crippen molar-refractivity contribution in [3.05, 3.63) is 23.5 Å². The molecule has 1 heterocycles. The van der Waals surface area contributed by atoms with Crippen molar-refractivity contribution in [2.45, 2.75) is 39.3 Å². The zero-order valence-electron chi connectivity index (χ0n) is 9.40. The number of nitrogens with zero attached hydrogens (tertiary/aromatic N) is 2. The molecule has 0 saturated heterocycles. The molecular formula is C12H18N2O. The molecule has 0 aromatic carbocycles. The van der Waals surface area contributed by atoms with Crippen LogP contribution in [0.25, 0.3) is 0 Å². The van der Waals surface area contributed by atoms with Gasteiger partial charge in [-0.2, -0.15) is 0 Å². The van der Waals surface area contributed by atoms with Crippen molar-refractivity contribution in [1.82, 2.24) is 4.98 Å². The number of rotatable bonds is 4. The van der Waals surface area contributed by atoms with Crippen LogP contribution in [0.5, 0.6) is 0 Å². The topological polar surface area (TPSA) is 36.4 Å². The molecule has 0 spiro atoms. The van der Waals surface area contributed by atoms with E-state index >= 15 is 0 Å². The van der Waals surface area contributed by atoms with E-state index in [0.717, 1.165) is 23.5 Å². The van der Waals surface area contributed by atoms with Crippen LogP contribution in [0.4, 0.5) is 5.69 Å². The van der Waals surface area contributed by atoms with Gasteiger partial charge in [-0.3, -0.25) is 4.98 Å². The molecule has 1 saturated carbocycles. The molecule has 0 atom stereocenters. The van der Waals surface area contributed by atoms with E-state index in [9.17, 15) is 5.11 Å². The van der Waals surface area contributed by atoms with Crippen LogP contribution in [0.1, 0.15) is 31.0 Å². The van der Waals surface area contributed by atoms with E-state index in [-0.39, 0.29) is 6.61 Å². The highest BCUT2D eigenvalue weighted by molar-refractivity contribution is 5.55. The first-order chi connectivity index (χ1) is 7.26. The lowest BCUT2D eigenvalue weighted by Gasteiger charge is -2.25. The zero-order chi connectivity index (χ0) is 10.8. The van der Waals surface area contributed by atoms with E-state index in [1.807, 2.05) is 6.92 Å². The molecule has 15 heavy (non-hydrogen) atoms. The van der Waals surface area contributed by atoms with Crippen molar-refractivity contribution in [2.24, 2.45) is 0 Å². The number of aliphatic hydroxyl groups excluding tert-OH is 1. The Bertz CT molecular complexity index is 347. The predicted molar refractivity (Wildman–Crippen MR) is 60.9 cm³/mol. The molecule has 0 unspecified atom stereocenters. The minimum absolute atomic E-state index is 0.0752. The van der Waals surface area contributed by atoms with E-state index in [4.69, 9.17) is 0 Å². The van der Waals surface area contributed by atoms with Gasteiger partial charge < -0.3 is 10.0 Å². The summed E-state index contributed by atoms with van der Waals surface area (Å²) in [6, 6.07) is 2.76. The highest BCUT2D eigenvalue weighted by Gasteiger charge is 2.29. The molecule has 3 heteroatoms. The standard InChI is InChI=1S/C12H18N2O/c1-3-14(11-4-5-11)12-6-9(2)13-7-10(12)8-15/h6-7,11,15H,3-5,8H2,1-2H3. The first-order valence-electron chi connectivity index (χ1n) is 5.59. The molecule has 1 aliphatic rings. The van der Waals surface area contributed by atoms with E-state index in [2.05, 4.69) is 22.9 Å². The van der Waals surface area contributed by atoms with Crippen molar-refractivity contribution in [3.63, 3.8) is 0 Å². The average Bonchev–Trinajstić information content (AvgIpc) is 3.04. The highest BCUT2D eigenvalue weighted by Crippen LogP contribution is 2.33. The molecule has 1 aromatic rings. The van der Waals surface area contributed by atoms with Gasteiger partial charge in [0.1, 0.15) is 0 Å². The summed E-state index contributed by atoms with van der Waals surface area (Å²) in [5.74, 6) is 0. The first-order valence-corrected chi connectivity index (χ1v) is 5.59. The van der Waals surface area contributed by atoms with Gasteiger partial charge in [-0.1, -0.05) is 0 Å². The smallest absolute Gasteiger partial charge is 0.0717 e. The summed E-state index contributed by atoms with van der Waals surface area (Å²) in [5.41, 5.74) is 3.12. The number of anilines is 1. The van der Waals surface area contributed by atoms with E-state index in [1.165, 1.54) is 12.8 Å². The quantitative estimate of drug-likeness (QED) is 0.817. The molecule has 1 aliphatic carbocycles. The Labute approximate surface area is 90.8 Å². The lowest BCUT2D eigenvalue weighted by molar-refractivity contribution is 0.281. The van der Waals surface area contributed by atoms with Crippen molar-refractivity contribution < 1.29 is 5.11 Å². The summed E-state index contributed by atoms with van der Waals surface area (Å²) in [5, 5.41) is 9.29. The monoisotopic (exact) mass is 206 g/mol. The molecule has 0 aliphatic heterocycles. The number of aliphatic hydroxyl groups is 1. The Hall–Kier alpha value is -1.09. The molecule has 82 valence electrons. The average molecular weight is 206 g/mol. The molecule has 3 nitrogen and oxygen atoms in total. The molecule has 1 fully saturated rings. The fourth-order valence-electron chi connectivity index (χ4n) is 1.97. The third-order valence-corrected chi connectivity index (χ3v) is 2.91. The van der Waals surface area contributed by atoms with Crippen LogP contribution in [-0.2, 0) is 6.61 Å². The van der Waals surface area contributed by atoms with Gasteiger partial charge in [-0.15, -0.1) is 0 Å². The third kappa shape index (κ3) is 2.12. The maximum atomic E-state index is 9.29. The second kappa shape index (κ2) is 4.19. The number of hydrogen-bond donors (Lipinski definition) is 1. The lowest BCUT2D eigenvalue weighted by atomic mass is 10.2. The molecule has 0 radical (unpaired) electrons. The van der Waals surface area contributed by atoms with Crippen molar-refractivity contribution in [1.29, 1.82) is 0 Å². The first kappa shape index (κ1) is 10.4. The summed E-state index contributed by atoms with van der Waals surface area (Å²) in [4.78, 5) is 6.60. The van der Waals surface area contributed by atoms with Gasteiger partial charge in [0.25, 0.3) is 0 Å². The maximum Gasteiger partial charge on any atom is 0.0717 e. The maximum absolute atomic E-state index is 9.29. The second-order valence-electron chi connectivity index (χ2n) is 4.13. The van der Waals surface area contributed by atoms with E-state index in [1.54, 1.807) is 6.20 Å². The Morgan fingerprint density at radius 3 is 2.80 bits per heavy atom.